The molecule has 0 aliphatic rings. The number of hydrogen-bond acceptors (Lipinski definition) is 0. The molecule has 0 nitrogen and oxygen atoms in total. The molecule has 0 atom stereocenters. The standard InChI is InChI=1S/C3H7Br3Ge/c1-2-3-7(4,5)6/h2-3H2,1H3. The van der Waals surface area contributed by atoms with Gasteiger partial charge in [0.1, 0.15) is 0 Å². The van der Waals surface area contributed by atoms with Crippen LogP contribution in [-0.2, 0) is 0 Å². The van der Waals surface area contributed by atoms with Gasteiger partial charge in [0.15, 0.2) is 0 Å². The van der Waals surface area contributed by atoms with E-state index in [4.69, 9.17) is 0 Å². The predicted molar refractivity (Wildman–Crippen MR) is 47.6 cm³/mol. The molecule has 0 rings (SSSR count). The van der Waals surface area contributed by atoms with E-state index in [9.17, 15) is 0 Å². The van der Waals surface area contributed by atoms with Crippen LogP contribution in [0.1, 0.15) is 13.3 Å². The predicted octanol–water partition coefficient (Wildman–Crippen LogP) is 3.52. The third-order valence-corrected chi connectivity index (χ3v) is 8.95. The molecule has 0 radical (unpaired) electrons. The average molecular weight is 355 g/mol. The van der Waals surface area contributed by atoms with Gasteiger partial charge in [-0.3, -0.25) is 0 Å². The fourth-order valence-corrected chi connectivity index (χ4v) is 7.65. The Morgan fingerprint density at radius 3 is 1.71 bits per heavy atom. The van der Waals surface area contributed by atoms with Crippen molar-refractivity contribution in [2.24, 2.45) is 0 Å². The fraction of sp³-hybridized carbons (Fsp3) is 1.00. The van der Waals surface area contributed by atoms with Crippen LogP contribution in [0.3, 0.4) is 0 Å². The van der Waals surface area contributed by atoms with Crippen LogP contribution in [0, 0.1) is 0 Å². The monoisotopic (exact) mass is 354 g/mol. The van der Waals surface area contributed by atoms with Crippen LogP contribution in [-0.4, -0.2) is 7.74 Å². The second-order valence-electron chi connectivity index (χ2n) is 1.37. The van der Waals surface area contributed by atoms with E-state index < -0.39 is 7.74 Å². The topological polar surface area (TPSA) is 0 Å². The van der Waals surface area contributed by atoms with E-state index >= 15 is 0 Å². The van der Waals surface area contributed by atoms with Crippen molar-refractivity contribution < 1.29 is 0 Å². The Morgan fingerprint density at radius 2 is 1.71 bits per heavy atom. The normalized spacial score (nSPS) is 12.0. The third kappa shape index (κ3) is 7.98. The maximum atomic E-state index is 3.56. The Kier molecular flexibility index (Phi) is 5.01. The van der Waals surface area contributed by atoms with Crippen molar-refractivity contribution in [3.63, 3.8) is 0 Å². The van der Waals surface area contributed by atoms with Crippen molar-refractivity contribution in [3.8, 4) is 0 Å². The zero-order valence-electron chi connectivity index (χ0n) is 4.05. The van der Waals surface area contributed by atoms with Gasteiger partial charge in [-0.1, -0.05) is 0 Å². The quantitative estimate of drug-likeness (QED) is 0.665. The van der Waals surface area contributed by atoms with E-state index in [0.717, 1.165) is 0 Å². The first-order valence-electron chi connectivity index (χ1n) is 2.13. The molecular weight excluding hydrogens is 348 g/mol. The molecule has 0 aliphatic heterocycles. The number of rotatable bonds is 2. The Morgan fingerprint density at radius 1 is 1.29 bits per heavy atom. The van der Waals surface area contributed by atoms with Gasteiger partial charge in [-0.25, -0.2) is 0 Å². The van der Waals surface area contributed by atoms with Crippen LogP contribution in [0.2, 0.25) is 5.25 Å². The van der Waals surface area contributed by atoms with Crippen LogP contribution in [0.15, 0.2) is 0 Å². The van der Waals surface area contributed by atoms with Gasteiger partial charge in [0.05, 0.1) is 0 Å². The fourth-order valence-electron chi connectivity index (χ4n) is 0.283. The summed E-state index contributed by atoms with van der Waals surface area (Å²) in [6.45, 7) is 2.18. The molecular formula is C3H7Br3Ge. The zero-order valence-corrected chi connectivity index (χ0v) is 10.9. The van der Waals surface area contributed by atoms with Gasteiger partial charge in [-0.15, -0.1) is 0 Å². The van der Waals surface area contributed by atoms with Crippen LogP contribution in [0.4, 0.5) is 0 Å². The van der Waals surface area contributed by atoms with E-state index in [0.29, 0.717) is 0 Å². The molecule has 0 aromatic heterocycles. The molecule has 44 valence electrons. The summed E-state index contributed by atoms with van der Waals surface area (Å²) < 4.78 is 0. The summed E-state index contributed by atoms with van der Waals surface area (Å²) in [5.74, 6) is 0. The molecule has 0 aromatic rings. The maximum absolute atomic E-state index is 3.56. The summed E-state index contributed by atoms with van der Waals surface area (Å²) in [7, 11) is -1.64. The summed E-state index contributed by atoms with van der Waals surface area (Å²) in [4.78, 5) is 0. The molecule has 0 fully saturated rings. The molecule has 0 saturated carbocycles. The van der Waals surface area contributed by atoms with Gasteiger partial charge >= 0.3 is 68.4 Å². The summed E-state index contributed by atoms with van der Waals surface area (Å²) in [5.41, 5.74) is 0. The molecule has 0 saturated heterocycles. The summed E-state index contributed by atoms with van der Waals surface area (Å²) in [6, 6.07) is 0. The third-order valence-electron chi connectivity index (χ3n) is 0.533. The first-order valence-corrected chi connectivity index (χ1v) is 18.4. The molecule has 4 heteroatoms. The van der Waals surface area contributed by atoms with Crippen LogP contribution in [0.25, 0.3) is 0 Å². The first kappa shape index (κ1) is 8.98. The van der Waals surface area contributed by atoms with Gasteiger partial charge < -0.3 is 0 Å². The van der Waals surface area contributed by atoms with Crippen molar-refractivity contribution in [2.45, 2.75) is 18.6 Å². The number of halogens is 3. The molecule has 0 heterocycles. The van der Waals surface area contributed by atoms with Gasteiger partial charge in [0.25, 0.3) is 0 Å². The Bertz CT molecular complexity index is 48.6. The van der Waals surface area contributed by atoms with Crippen LogP contribution < -0.4 is 0 Å². The minimum atomic E-state index is -1.64. The Hall–Kier alpha value is 1.98. The molecule has 0 bridgehead atoms. The summed E-state index contributed by atoms with van der Waals surface area (Å²) in [5, 5.41) is 1.28. The van der Waals surface area contributed by atoms with Crippen LogP contribution >= 0.6 is 42.0 Å². The molecule has 0 aromatic carbocycles. The molecule has 0 unspecified atom stereocenters. The molecule has 0 aliphatic carbocycles. The number of hydrogen-bond donors (Lipinski definition) is 0. The SMILES string of the molecule is CC[CH2][Ge]([Br])([Br])[Br]. The second-order valence-corrected chi connectivity index (χ2v) is 42.7. The molecule has 0 amide bonds. The first-order chi connectivity index (χ1) is 3.06. The minimum absolute atomic E-state index is 1.25. The van der Waals surface area contributed by atoms with Crippen LogP contribution in [0.5, 0.6) is 0 Å². The van der Waals surface area contributed by atoms with Crippen molar-refractivity contribution in [3.05, 3.63) is 0 Å². The van der Waals surface area contributed by atoms with Gasteiger partial charge in [-0.05, 0) is 0 Å². The van der Waals surface area contributed by atoms with Crippen molar-refractivity contribution in [1.29, 1.82) is 0 Å². The molecule has 0 N–H and O–H groups in total. The molecule has 0 spiro atoms. The van der Waals surface area contributed by atoms with Gasteiger partial charge in [0, 0.05) is 0 Å². The second kappa shape index (κ2) is 3.91. The van der Waals surface area contributed by atoms with Gasteiger partial charge in [-0.2, -0.15) is 0 Å². The van der Waals surface area contributed by atoms with Crippen molar-refractivity contribution in [1.82, 2.24) is 0 Å². The van der Waals surface area contributed by atoms with Gasteiger partial charge in [0.2, 0.25) is 0 Å². The zero-order chi connectivity index (χ0) is 5.91. The van der Waals surface area contributed by atoms with E-state index in [1.54, 1.807) is 0 Å². The Labute approximate surface area is 67.6 Å². The van der Waals surface area contributed by atoms with E-state index in [1.807, 2.05) is 0 Å². The van der Waals surface area contributed by atoms with Crippen molar-refractivity contribution >= 4 is 49.8 Å². The van der Waals surface area contributed by atoms with E-state index in [1.165, 1.54) is 11.7 Å². The average Bonchev–Trinajstić information content (AvgIpc) is 1.30. The van der Waals surface area contributed by atoms with Crippen molar-refractivity contribution in [2.75, 3.05) is 0 Å². The summed E-state index contributed by atoms with van der Waals surface area (Å²) >= 11 is 10.7. The van der Waals surface area contributed by atoms with E-state index in [-0.39, 0.29) is 0 Å². The van der Waals surface area contributed by atoms with E-state index in [2.05, 4.69) is 48.9 Å². The Balaban J connectivity index is 3.15. The molecule has 7 heavy (non-hydrogen) atoms. The summed E-state index contributed by atoms with van der Waals surface area (Å²) in [6.07, 6.45) is 1.25.